The number of likely N-dealkylation sites (N-methyl/N-ethyl adjacent to an activating group) is 1. The maximum absolute atomic E-state index is 5.67. The van der Waals surface area contributed by atoms with Gasteiger partial charge in [-0.15, -0.1) is 0 Å². The van der Waals surface area contributed by atoms with Crippen molar-refractivity contribution in [2.75, 3.05) is 19.8 Å². The van der Waals surface area contributed by atoms with E-state index in [0.717, 1.165) is 43.2 Å². The van der Waals surface area contributed by atoms with E-state index in [-0.39, 0.29) is 0 Å². The summed E-state index contributed by atoms with van der Waals surface area (Å²) in [6, 6.07) is 6.46. The molecular weight excluding hydrogens is 226 g/mol. The highest BCUT2D eigenvalue weighted by atomic mass is 16.5. The van der Waals surface area contributed by atoms with E-state index in [0.29, 0.717) is 6.04 Å². The first-order chi connectivity index (χ1) is 8.79. The first kappa shape index (κ1) is 13.0. The number of hydrogen-bond donors (Lipinski definition) is 1. The summed E-state index contributed by atoms with van der Waals surface area (Å²) in [5.74, 6) is 1.70. The second-order valence-electron chi connectivity index (χ2n) is 4.46. The number of rotatable bonds is 4. The van der Waals surface area contributed by atoms with Gasteiger partial charge in [-0.3, -0.25) is 0 Å². The Bertz CT molecular complexity index is 415. The van der Waals surface area contributed by atoms with E-state index in [9.17, 15) is 0 Å². The topological polar surface area (TPSA) is 30.5 Å². The molecule has 0 saturated carbocycles. The van der Waals surface area contributed by atoms with Crippen molar-refractivity contribution >= 4 is 6.08 Å². The van der Waals surface area contributed by atoms with Crippen LogP contribution in [0.3, 0.4) is 0 Å². The summed E-state index contributed by atoms with van der Waals surface area (Å²) in [5.41, 5.74) is 1.14. The zero-order valence-corrected chi connectivity index (χ0v) is 11.1. The number of nitrogens with one attached hydrogen (secondary N) is 1. The summed E-state index contributed by atoms with van der Waals surface area (Å²) in [4.78, 5) is 0. The summed E-state index contributed by atoms with van der Waals surface area (Å²) < 4.78 is 11.3. The third kappa shape index (κ3) is 3.50. The van der Waals surface area contributed by atoms with Crippen LogP contribution in [0.2, 0.25) is 0 Å². The molecule has 1 atom stereocenters. The van der Waals surface area contributed by atoms with Gasteiger partial charge in [-0.1, -0.05) is 25.1 Å². The van der Waals surface area contributed by atoms with Crippen molar-refractivity contribution in [2.24, 2.45) is 0 Å². The van der Waals surface area contributed by atoms with E-state index in [4.69, 9.17) is 9.47 Å². The van der Waals surface area contributed by atoms with Gasteiger partial charge >= 0.3 is 0 Å². The van der Waals surface area contributed by atoms with Gasteiger partial charge in [-0.2, -0.15) is 0 Å². The van der Waals surface area contributed by atoms with E-state index in [1.54, 1.807) is 0 Å². The Labute approximate surface area is 109 Å². The SMILES string of the molecule is CCNC(C)/C=C/c1ccc2c(c1)OCCCO2. The predicted molar refractivity (Wildman–Crippen MR) is 74.2 cm³/mol. The molecule has 1 aliphatic rings. The van der Waals surface area contributed by atoms with Gasteiger partial charge in [0.05, 0.1) is 13.2 Å². The molecule has 98 valence electrons. The average Bonchev–Trinajstić information content (AvgIpc) is 2.61. The van der Waals surface area contributed by atoms with Crippen LogP contribution < -0.4 is 14.8 Å². The summed E-state index contributed by atoms with van der Waals surface area (Å²) in [7, 11) is 0. The normalized spacial score (nSPS) is 16.6. The van der Waals surface area contributed by atoms with Gasteiger partial charge in [0.15, 0.2) is 11.5 Å². The standard InChI is InChI=1S/C15H21NO2/c1-3-16-12(2)5-6-13-7-8-14-15(11-13)18-10-4-9-17-14/h5-8,11-12,16H,3-4,9-10H2,1-2H3/b6-5+. The third-order valence-corrected chi connectivity index (χ3v) is 2.88. The lowest BCUT2D eigenvalue weighted by Gasteiger charge is -2.08. The Hall–Kier alpha value is -1.48. The van der Waals surface area contributed by atoms with Crippen LogP contribution in [-0.2, 0) is 0 Å². The molecule has 3 heteroatoms. The Balaban J connectivity index is 2.08. The Morgan fingerprint density at radius 2 is 2.06 bits per heavy atom. The van der Waals surface area contributed by atoms with Crippen LogP contribution in [0.5, 0.6) is 11.5 Å². The monoisotopic (exact) mass is 247 g/mol. The van der Waals surface area contributed by atoms with Crippen molar-refractivity contribution in [2.45, 2.75) is 26.3 Å². The molecule has 0 fully saturated rings. The van der Waals surface area contributed by atoms with Crippen LogP contribution in [0.15, 0.2) is 24.3 Å². The first-order valence-electron chi connectivity index (χ1n) is 6.61. The van der Waals surface area contributed by atoms with Gasteiger partial charge in [0.25, 0.3) is 0 Å². The van der Waals surface area contributed by atoms with Gasteiger partial charge in [-0.05, 0) is 31.2 Å². The minimum absolute atomic E-state index is 0.381. The van der Waals surface area contributed by atoms with Crippen LogP contribution >= 0.6 is 0 Å². The van der Waals surface area contributed by atoms with E-state index in [1.165, 1.54) is 0 Å². The van der Waals surface area contributed by atoms with Gasteiger partial charge in [-0.25, -0.2) is 0 Å². The zero-order chi connectivity index (χ0) is 12.8. The minimum Gasteiger partial charge on any atom is -0.490 e. The fourth-order valence-electron chi connectivity index (χ4n) is 1.93. The van der Waals surface area contributed by atoms with Crippen molar-refractivity contribution in [3.8, 4) is 11.5 Å². The number of ether oxygens (including phenoxy) is 2. The summed E-state index contributed by atoms with van der Waals surface area (Å²) in [6.07, 6.45) is 5.21. The average molecular weight is 247 g/mol. The highest BCUT2D eigenvalue weighted by Crippen LogP contribution is 2.30. The fourth-order valence-corrected chi connectivity index (χ4v) is 1.93. The molecule has 18 heavy (non-hydrogen) atoms. The van der Waals surface area contributed by atoms with Crippen LogP contribution in [0.1, 0.15) is 25.8 Å². The summed E-state index contributed by atoms with van der Waals surface area (Å²) in [6.45, 7) is 6.70. The lowest BCUT2D eigenvalue weighted by molar-refractivity contribution is 0.297. The van der Waals surface area contributed by atoms with Crippen LogP contribution in [-0.4, -0.2) is 25.8 Å². The van der Waals surface area contributed by atoms with Gasteiger partial charge in [0, 0.05) is 12.5 Å². The lowest BCUT2D eigenvalue weighted by Crippen LogP contribution is -2.22. The number of benzene rings is 1. The van der Waals surface area contributed by atoms with Gasteiger partial charge < -0.3 is 14.8 Å². The largest absolute Gasteiger partial charge is 0.490 e. The first-order valence-corrected chi connectivity index (χ1v) is 6.61. The quantitative estimate of drug-likeness (QED) is 0.887. The van der Waals surface area contributed by atoms with Crippen molar-refractivity contribution in [1.82, 2.24) is 5.32 Å². The summed E-state index contributed by atoms with van der Waals surface area (Å²) in [5, 5.41) is 3.35. The molecule has 1 heterocycles. The molecule has 1 aromatic rings. The smallest absolute Gasteiger partial charge is 0.161 e. The molecule has 2 rings (SSSR count). The molecule has 0 saturated heterocycles. The predicted octanol–water partition coefficient (Wildman–Crippen LogP) is 2.86. The lowest BCUT2D eigenvalue weighted by atomic mass is 10.1. The van der Waals surface area contributed by atoms with Crippen LogP contribution in [0, 0.1) is 0 Å². The van der Waals surface area contributed by atoms with E-state index >= 15 is 0 Å². The number of fused-ring (bicyclic) bond motifs is 1. The molecule has 1 N–H and O–H groups in total. The van der Waals surface area contributed by atoms with Crippen molar-refractivity contribution in [3.63, 3.8) is 0 Å². The molecule has 1 unspecified atom stereocenters. The molecule has 3 nitrogen and oxygen atoms in total. The highest BCUT2D eigenvalue weighted by molar-refractivity contribution is 5.56. The van der Waals surface area contributed by atoms with Crippen LogP contribution in [0.25, 0.3) is 6.08 Å². The minimum atomic E-state index is 0.381. The molecule has 1 aromatic carbocycles. The van der Waals surface area contributed by atoms with E-state index in [2.05, 4.69) is 37.4 Å². The second kappa shape index (κ2) is 6.45. The van der Waals surface area contributed by atoms with Gasteiger partial charge in [0.1, 0.15) is 0 Å². The molecule has 1 aliphatic heterocycles. The molecule has 0 amide bonds. The Morgan fingerprint density at radius 1 is 1.28 bits per heavy atom. The fraction of sp³-hybridized carbons (Fsp3) is 0.467. The molecular formula is C15H21NO2. The van der Waals surface area contributed by atoms with Crippen molar-refractivity contribution in [3.05, 3.63) is 29.8 Å². The highest BCUT2D eigenvalue weighted by Gasteiger charge is 2.09. The molecule has 0 aromatic heterocycles. The maximum atomic E-state index is 5.67. The van der Waals surface area contributed by atoms with Gasteiger partial charge in [0.2, 0.25) is 0 Å². The third-order valence-electron chi connectivity index (χ3n) is 2.88. The zero-order valence-electron chi connectivity index (χ0n) is 11.1. The number of hydrogen-bond acceptors (Lipinski definition) is 3. The molecule has 0 spiro atoms. The molecule has 0 bridgehead atoms. The molecule has 0 radical (unpaired) electrons. The maximum Gasteiger partial charge on any atom is 0.161 e. The second-order valence-corrected chi connectivity index (χ2v) is 4.46. The summed E-state index contributed by atoms with van der Waals surface area (Å²) >= 11 is 0. The van der Waals surface area contributed by atoms with E-state index in [1.807, 2.05) is 12.1 Å². The van der Waals surface area contributed by atoms with Crippen LogP contribution in [0.4, 0.5) is 0 Å². The Kier molecular flexibility index (Phi) is 4.65. The molecule has 0 aliphatic carbocycles. The van der Waals surface area contributed by atoms with Crippen molar-refractivity contribution < 1.29 is 9.47 Å². The Morgan fingerprint density at radius 3 is 2.83 bits per heavy atom. The van der Waals surface area contributed by atoms with Crippen molar-refractivity contribution in [1.29, 1.82) is 0 Å². The van der Waals surface area contributed by atoms with E-state index < -0.39 is 0 Å².